The highest BCUT2D eigenvalue weighted by Crippen LogP contribution is 2.18. The van der Waals surface area contributed by atoms with Crippen molar-refractivity contribution in [1.29, 1.82) is 0 Å². The van der Waals surface area contributed by atoms with Crippen LogP contribution in [-0.4, -0.2) is 29.4 Å². The van der Waals surface area contributed by atoms with Gasteiger partial charge in [-0.25, -0.2) is 4.79 Å². The first-order valence-corrected chi connectivity index (χ1v) is 8.30. The van der Waals surface area contributed by atoms with Gasteiger partial charge in [-0.05, 0) is 55.3 Å². The number of hydrogen-bond donors (Lipinski definition) is 2. The molecule has 0 bridgehead atoms. The van der Waals surface area contributed by atoms with Gasteiger partial charge in [0.05, 0.1) is 5.56 Å². The highest BCUT2D eigenvalue weighted by atomic mass is 16.5. The second-order valence-electron chi connectivity index (χ2n) is 5.88. The Kier molecular flexibility index (Phi) is 6.49. The predicted molar refractivity (Wildman–Crippen MR) is 97.4 cm³/mol. The Bertz CT molecular complexity index is 811. The van der Waals surface area contributed by atoms with E-state index >= 15 is 0 Å². The summed E-state index contributed by atoms with van der Waals surface area (Å²) < 4.78 is 5.00. The van der Waals surface area contributed by atoms with Gasteiger partial charge in [0.15, 0.2) is 12.4 Å². The van der Waals surface area contributed by atoms with Crippen molar-refractivity contribution in [2.45, 2.75) is 26.7 Å². The molecular weight excluding hydrogens is 334 g/mol. The molecule has 2 rings (SSSR count). The van der Waals surface area contributed by atoms with E-state index in [9.17, 15) is 19.5 Å². The number of nitrogens with one attached hydrogen (secondary N) is 1. The zero-order valence-electron chi connectivity index (χ0n) is 14.7. The zero-order valence-corrected chi connectivity index (χ0v) is 14.7. The number of anilines is 1. The van der Waals surface area contributed by atoms with Gasteiger partial charge in [0.25, 0.3) is 0 Å². The van der Waals surface area contributed by atoms with Crippen LogP contribution in [0.4, 0.5) is 5.69 Å². The summed E-state index contributed by atoms with van der Waals surface area (Å²) in [6, 6.07) is 10.8. The summed E-state index contributed by atoms with van der Waals surface area (Å²) in [5, 5.41) is 12.4. The number of aryl methyl sites for hydroxylation is 1. The van der Waals surface area contributed by atoms with Crippen LogP contribution in [0.25, 0.3) is 0 Å². The van der Waals surface area contributed by atoms with Crippen LogP contribution in [0.2, 0.25) is 0 Å². The van der Waals surface area contributed by atoms with Gasteiger partial charge in [-0.3, -0.25) is 9.59 Å². The third kappa shape index (κ3) is 5.17. The number of phenols is 1. The van der Waals surface area contributed by atoms with Crippen molar-refractivity contribution in [3.8, 4) is 5.75 Å². The lowest BCUT2D eigenvalue weighted by molar-refractivity contribution is -0.116. The fraction of sp³-hybridized carbons (Fsp3) is 0.250. The summed E-state index contributed by atoms with van der Waals surface area (Å²) in [4.78, 5) is 35.6. The number of rotatable bonds is 7. The fourth-order valence-corrected chi connectivity index (χ4v) is 2.22. The zero-order chi connectivity index (χ0) is 19.1. The molecule has 2 aromatic rings. The molecule has 6 heteroatoms. The summed E-state index contributed by atoms with van der Waals surface area (Å²) in [5.74, 6) is -1.13. The molecule has 26 heavy (non-hydrogen) atoms. The standard InChI is InChI=1S/C20H21NO5/c1-3-4-19(24)21-16-9-7-14(8-10-16)18(23)12-26-20(25)15-6-5-13(2)17(22)11-15/h5-11,22H,3-4,12H2,1-2H3,(H,21,24). The van der Waals surface area contributed by atoms with Crippen LogP contribution in [0.1, 0.15) is 46.0 Å². The molecule has 2 aromatic carbocycles. The van der Waals surface area contributed by atoms with Crippen molar-refractivity contribution in [2.24, 2.45) is 0 Å². The van der Waals surface area contributed by atoms with Crippen LogP contribution in [-0.2, 0) is 9.53 Å². The molecule has 2 N–H and O–H groups in total. The smallest absolute Gasteiger partial charge is 0.338 e. The van der Waals surface area contributed by atoms with Crippen LogP contribution < -0.4 is 5.32 Å². The minimum Gasteiger partial charge on any atom is -0.508 e. The molecule has 0 aliphatic carbocycles. The van der Waals surface area contributed by atoms with Gasteiger partial charge in [0.1, 0.15) is 5.75 Å². The molecule has 1 amide bonds. The SMILES string of the molecule is CCCC(=O)Nc1ccc(C(=O)COC(=O)c2ccc(C)c(O)c2)cc1. The van der Waals surface area contributed by atoms with E-state index in [0.29, 0.717) is 23.2 Å². The van der Waals surface area contributed by atoms with Crippen molar-refractivity contribution < 1.29 is 24.2 Å². The molecule has 136 valence electrons. The molecule has 0 saturated heterocycles. The van der Waals surface area contributed by atoms with Crippen LogP contribution >= 0.6 is 0 Å². The normalized spacial score (nSPS) is 10.2. The highest BCUT2D eigenvalue weighted by Gasteiger charge is 2.13. The predicted octanol–water partition coefficient (Wildman–Crippen LogP) is 3.48. The van der Waals surface area contributed by atoms with Gasteiger partial charge in [-0.15, -0.1) is 0 Å². The van der Waals surface area contributed by atoms with Crippen LogP contribution in [0.3, 0.4) is 0 Å². The molecule has 6 nitrogen and oxygen atoms in total. The van der Waals surface area contributed by atoms with E-state index in [0.717, 1.165) is 6.42 Å². The van der Waals surface area contributed by atoms with E-state index in [4.69, 9.17) is 4.74 Å². The summed E-state index contributed by atoms with van der Waals surface area (Å²) in [5.41, 5.74) is 1.80. The molecule has 0 unspecified atom stereocenters. The van der Waals surface area contributed by atoms with Crippen LogP contribution in [0.15, 0.2) is 42.5 Å². The summed E-state index contributed by atoms with van der Waals surface area (Å²) in [6.07, 6.45) is 1.19. The summed E-state index contributed by atoms with van der Waals surface area (Å²) in [7, 11) is 0. The number of aromatic hydroxyl groups is 1. The molecule has 0 heterocycles. The van der Waals surface area contributed by atoms with Crippen molar-refractivity contribution in [2.75, 3.05) is 11.9 Å². The maximum absolute atomic E-state index is 12.1. The number of carbonyl (C=O) groups excluding carboxylic acids is 3. The lowest BCUT2D eigenvalue weighted by Crippen LogP contribution is -2.14. The Labute approximate surface area is 151 Å². The first-order chi connectivity index (χ1) is 12.4. The minimum atomic E-state index is -0.683. The Morgan fingerprint density at radius 1 is 1.04 bits per heavy atom. The van der Waals surface area contributed by atoms with E-state index in [-0.39, 0.29) is 23.0 Å². The first kappa shape index (κ1) is 19.2. The monoisotopic (exact) mass is 355 g/mol. The number of amides is 1. The molecule has 0 spiro atoms. The van der Waals surface area contributed by atoms with E-state index in [1.165, 1.54) is 12.1 Å². The maximum Gasteiger partial charge on any atom is 0.338 e. The Morgan fingerprint density at radius 2 is 1.69 bits per heavy atom. The number of esters is 1. The number of hydrogen-bond acceptors (Lipinski definition) is 5. The van der Waals surface area contributed by atoms with Crippen molar-refractivity contribution >= 4 is 23.3 Å². The third-order valence-corrected chi connectivity index (χ3v) is 3.75. The lowest BCUT2D eigenvalue weighted by atomic mass is 10.1. The van der Waals surface area contributed by atoms with Gasteiger partial charge in [0.2, 0.25) is 5.91 Å². The van der Waals surface area contributed by atoms with Crippen molar-refractivity contribution in [3.63, 3.8) is 0 Å². The van der Waals surface area contributed by atoms with Crippen LogP contribution in [0, 0.1) is 6.92 Å². The number of Topliss-reactive ketones (excluding diaryl/α,β-unsaturated/α-hetero) is 1. The lowest BCUT2D eigenvalue weighted by Gasteiger charge is -2.07. The van der Waals surface area contributed by atoms with Crippen molar-refractivity contribution in [3.05, 3.63) is 59.2 Å². The van der Waals surface area contributed by atoms with Gasteiger partial charge in [0, 0.05) is 17.7 Å². The highest BCUT2D eigenvalue weighted by molar-refractivity contribution is 6.00. The Balaban J connectivity index is 1.92. The Hall–Kier alpha value is -3.15. The fourth-order valence-electron chi connectivity index (χ4n) is 2.22. The molecule has 0 radical (unpaired) electrons. The number of phenolic OH excluding ortho intramolecular Hbond substituents is 1. The topological polar surface area (TPSA) is 92.7 Å². The van der Waals surface area contributed by atoms with Gasteiger partial charge < -0.3 is 15.2 Å². The van der Waals surface area contributed by atoms with Gasteiger partial charge in [-0.2, -0.15) is 0 Å². The van der Waals surface area contributed by atoms with Crippen molar-refractivity contribution in [1.82, 2.24) is 0 Å². The number of ketones is 1. The molecule has 0 fully saturated rings. The van der Waals surface area contributed by atoms with Crippen LogP contribution in [0.5, 0.6) is 5.75 Å². The average molecular weight is 355 g/mol. The Morgan fingerprint density at radius 3 is 2.31 bits per heavy atom. The number of carbonyl (C=O) groups is 3. The number of ether oxygens (including phenoxy) is 1. The second kappa shape index (κ2) is 8.80. The summed E-state index contributed by atoms with van der Waals surface area (Å²) in [6.45, 7) is 3.22. The number of benzene rings is 2. The minimum absolute atomic E-state index is 0.00788. The van der Waals surface area contributed by atoms with E-state index in [1.54, 1.807) is 37.3 Å². The molecule has 0 aliphatic rings. The van der Waals surface area contributed by atoms with E-state index < -0.39 is 12.6 Å². The molecule has 0 aromatic heterocycles. The van der Waals surface area contributed by atoms with E-state index in [2.05, 4.69) is 5.32 Å². The largest absolute Gasteiger partial charge is 0.508 e. The average Bonchev–Trinajstić information content (AvgIpc) is 2.62. The first-order valence-electron chi connectivity index (χ1n) is 8.30. The van der Waals surface area contributed by atoms with E-state index in [1.807, 2.05) is 6.92 Å². The second-order valence-corrected chi connectivity index (χ2v) is 5.88. The molecule has 0 saturated carbocycles. The third-order valence-electron chi connectivity index (χ3n) is 3.75. The molecule has 0 aliphatic heterocycles. The molecular formula is C20H21NO5. The quantitative estimate of drug-likeness (QED) is 0.586. The van der Waals surface area contributed by atoms with Gasteiger partial charge >= 0.3 is 5.97 Å². The van der Waals surface area contributed by atoms with Gasteiger partial charge in [-0.1, -0.05) is 13.0 Å². The maximum atomic E-state index is 12.1. The summed E-state index contributed by atoms with van der Waals surface area (Å²) >= 11 is 0. The molecule has 0 atom stereocenters.